The quantitative estimate of drug-likeness (QED) is 0.437. The Morgan fingerprint density at radius 2 is 1.95 bits per heavy atom. The Balaban J connectivity index is 1.67. The number of anilines is 2. The maximum atomic E-state index is 13.7. The fraction of sp³-hybridized carbons (Fsp3) is 0.304. The van der Waals surface area contributed by atoms with Crippen molar-refractivity contribution in [2.75, 3.05) is 22.9 Å². The van der Waals surface area contributed by atoms with Gasteiger partial charge in [0.2, 0.25) is 19.9 Å². The summed E-state index contributed by atoms with van der Waals surface area (Å²) in [6, 6.07) is 6.94. The lowest BCUT2D eigenvalue weighted by Gasteiger charge is -2.24. The Bertz CT molecular complexity index is 1790. The summed E-state index contributed by atoms with van der Waals surface area (Å²) >= 11 is 1.12. The van der Waals surface area contributed by atoms with Gasteiger partial charge in [0.25, 0.3) is 5.56 Å². The van der Waals surface area contributed by atoms with Crippen LogP contribution < -0.4 is 15.2 Å². The molecule has 0 atom stereocenters. The highest BCUT2D eigenvalue weighted by molar-refractivity contribution is 7.94. The monoisotopic (exact) mass is 602 g/mol. The van der Waals surface area contributed by atoms with Crippen molar-refractivity contribution in [2.45, 2.75) is 30.5 Å². The number of nitrogens with one attached hydrogen (secondary N) is 1. The van der Waals surface area contributed by atoms with Crippen molar-refractivity contribution in [1.29, 1.82) is 0 Å². The second kappa shape index (κ2) is 8.82. The standard InChI is InChI=1S/C23H21F3N4O6S3/c1-29(38(2,33)34)13-5-6-14-17(10-13)39(35,36)11-15(27-14)18-20(31)19(16-4-3-9-37-16)28-30(21(18)32)12-22(7-8-22)23(24,25)26/h3-6,9-11,27,31H,7-8,12H2,1-2H3. The molecule has 1 saturated carbocycles. The predicted octanol–water partition coefficient (Wildman–Crippen LogP) is 3.61. The predicted molar refractivity (Wildman–Crippen MR) is 140 cm³/mol. The molecule has 2 aliphatic rings. The number of benzene rings is 1. The molecule has 16 heteroatoms. The molecule has 0 unspecified atom stereocenters. The first-order chi connectivity index (χ1) is 18.0. The Morgan fingerprint density at radius 1 is 1.26 bits per heavy atom. The van der Waals surface area contributed by atoms with Gasteiger partial charge in [0.1, 0.15) is 11.3 Å². The molecule has 2 N–H and O–H groups in total. The summed E-state index contributed by atoms with van der Waals surface area (Å²) in [5.74, 6) is -0.693. The van der Waals surface area contributed by atoms with Crippen LogP contribution in [0.5, 0.6) is 5.75 Å². The van der Waals surface area contributed by atoms with Crippen molar-refractivity contribution in [2.24, 2.45) is 5.41 Å². The zero-order valence-electron chi connectivity index (χ0n) is 20.4. The van der Waals surface area contributed by atoms with Gasteiger partial charge in [-0.25, -0.2) is 21.5 Å². The number of halogens is 3. The Labute approximate surface area is 225 Å². The van der Waals surface area contributed by atoms with Crippen LogP contribution in [0, 0.1) is 5.41 Å². The maximum Gasteiger partial charge on any atom is 0.396 e. The molecule has 208 valence electrons. The van der Waals surface area contributed by atoms with Crippen LogP contribution in [0.15, 0.2) is 50.8 Å². The minimum atomic E-state index is -4.59. The number of hydrogen-bond acceptors (Lipinski definition) is 9. The number of alkyl halides is 3. The van der Waals surface area contributed by atoms with E-state index in [2.05, 4.69) is 10.4 Å². The number of sulfonamides is 1. The van der Waals surface area contributed by atoms with E-state index in [-0.39, 0.29) is 40.5 Å². The molecule has 10 nitrogen and oxygen atoms in total. The molecule has 3 heterocycles. The first-order valence-corrected chi connectivity index (χ1v) is 15.6. The van der Waals surface area contributed by atoms with Gasteiger partial charge in [0.15, 0.2) is 5.75 Å². The molecule has 39 heavy (non-hydrogen) atoms. The fourth-order valence-electron chi connectivity index (χ4n) is 4.21. The zero-order valence-corrected chi connectivity index (χ0v) is 22.8. The summed E-state index contributed by atoms with van der Waals surface area (Å²) in [6.45, 7) is -0.793. The molecule has 0 bridgehead atoms. The SMILES string of the molecule is CN(c1ccc2c(c1)S(=O)(=O)C=C(c1c(O)c(-c3cccs3)nn(CC3(C(F)(F)F)CC3)c1=O)N2)S(C)(=O)=O. The Hall–Kier alpha value is -3.37. The molecular formula is C23H21F3N4O6S3. The minimum absolute atomic E-state index is 0.0214. The topological polar surface area (TPSA) is 139 Å². The zero-order chi connectivity index (χ0) is 28.5. The number of aromatic hydroxyl groups is 1. The van der Waals surface area contributed by atoms with Gasteiger partial charge >= 0.3 is 6.18 Å². The average molecular weight is 603 g/mol. The van der Waals surface area contributed by atoms with Crippen molar-refractivity contribution in [3.63, 3.8) is 0 Å². The van der Waals surface area contributed by atoms with E-state index in [9.17, 15) is 39.9 Å². The van der Waals surface area contributed by atoms with Gasteiger partial charge in [0.05, 0.1) is 50.5 Å². The summed E-state index contributed by atoms with van der Waals surface area (Å²) in [6.07, 6.45) is -4.02. The van der Waals surface area contributed by atoms with Gasteiger partial charge in [0, 0.05) is 7.05 Å². The molecular weight excluding hydrogens is 581 g/mol. The van der Waals surface area contributed by atoms with Gasteiger partial charge in [-0.05, 0) is 42.5 Å². The van der Waals surface area contributed by atoms with E-state index in [0.717, 1.165) is 28.0 Å². The number of hydrogen-bond donors (Lipinski definition) is 2. The van der Waals surface area contributed by atoms with E-state index in [1.807, 2.05) is 0 Å². The molecule has 0 spiro atoms. The first-order valence-electron chi connectivity index (χ1n) is 11.3. The van der Waals surface area contributed by atoms with Gasteiger partial charge in [-0.1, -0.05) is 6.07 Å². The fourth-order valence-corrected chi connectivity index (χ4v) is 6.74. The van der Waals surface area contributed by atoms with Crippen molar-refractivity contribution < 1.29 is 35.1 Å². The lowest BCUT2D eigenvalue weighted by molar-refractivity contribution is -0.191. The van der Waals surface area contributed by atoms with Crippen LogP contribution >= 0.6 is 11.3 Å². The highest BCUT2D eigenvalue weighted by atomic mass is 32.2. The largest absolute Gasteiger partial charge is 0.505 e. The normalized spacial score (nSPS) is 17.6. The highest BCUT2D eigenvalue weighted by Crippen LogP contribution is 2.58. The minimum Gasteiger partial charge on any atom is -0.505 e. The molecule has 5 rings (SSSR count). The van der Waals surface area contributed by atoms with E-state index in [1.54, 1.807) is 17.5 Å². The van der Waals surface area contributed by atoms with E-state index in [0.29, 0.717) is 15.0 Å². The average Bonchev–Trinajstić information content (AvgIpc) is 3.43. The third-order valence-corrected chi connectivity index (χ3v) is 10.3. The Morgan fingerprint density at radius 3 is 2.51 bits per heavy atom. The molecule has 2 aromatic heterocycles. The van der Waals surface area contributed by atoms with E-state index < -0.39 is 54.9 Å². The highest BCUT2D eigenvalue weighted by Gasteiger charge is 2.63. The van der Waals surface area contributed by atoms with Gasteiger partial charge < -0.3 is 10.4 Å². The van der Waals surface area contributed by atoms with Crippen molar-refractivity contribution in [1.82, 2.24) is 9.78 Å². The number of nitrogens with zero attached hydrogens (tertiary/aromatic N) is 3. The van der Waals surface area contributed by atoms with Crippen molar-refractivity contribution >= 4 is 48.3 Å². The maximum absolute atomic E-state index is 13.7. The third-order valence-electron chi connectivity index (χ3n) is 6.74. The molecule has 0 amide bonds. The molecule has 1 fully saturated rings. The van der Waals surface area contributed by atoms with Crippen molar-refractivity contribution in [3.05, 3.63) is 57.0 Å². The number of fused-ring (bicyclic) bond motifs is 1. The summed E-state index contributed by atoms with van der Waals surface area (Å²) in [5, 5.41) is 20.2. The van der Waals surface area contributed by atoms with Crippen LogP contribution in [0.1, 0.15) is 18.4 Å². The van der Waals surface area contributed by atoms with Crippen LogP contribution in [0.25, 0.3) is 16.3 Å². The number of aromatic nitrogens is 2. The summed E-state index contributed by atoms with van der Waals surface area (Å²) in [5.41, 5.74) is -4.29. The lowest BCUT2D eigenvalue weighted by Crippen LogP contribution is -2.36. The molecule has 0 radical (unpaired) electrons. The summed E-state index contributed by atoms with van der Waals surface area (Å²) in [7, 11) is -6.75. The smallest absolute Gasteiger partial charge is 0.396 e. The van der Waals surface area contributed by atoms with E-state index in [1.165, 1.54) is 19.2 Å². The molecule has 1 aromatic carbocycles. The Kier molecular flexibility index (Phi) is 6.15. The van der Waals surface area contributed by atoms with Crippen LogP contribution in [-0.2, 0) is 26.4 Å². The molecule has 1 aliphatic heterocycles. The van der Waals surface area contributed by atoms with Crippen LogP contribution in [0.4, 0.5) is 24.5 Å². The molecule has 0 saturated heterocycles. The second-order valence-corrected chi connectivity index (χ2v) is 14.1. The van der Waals surface area contributed by atoms with E-state index >= 15 is 0 Å². The molecule has 3 aromatic rings. The van der Waals surface area contributed by atoms with Crippen molar-refractivity contribution in [3.8, 4) is 16.3 Å². The number of sulfone groups is 1. The van der Waals surface area contributed by atoms with Crippen LogP contribution in [0.2, 0.25) is 0 Å². The lowest BCUT2D eigenvalue weighted by atomic mass is 10.1. The molecule has 1 aliphatic carbocycles. The number of thiophene rings is 1. The number of rotatable bonds is 6. The summed E-state index contributed by atoms with van der Waals surface area (Å²) < 4.78 is 92.9. The first kappa shape index (κ1) is 27.2. The third kappa shape index (κ3) is 4.69. The summed E-state index contributed by atoms with van der Waals surface area (Å²) in [4.78, 5) is 13.5. The van der Waals surface area contributed by atoms with Gasteiger partial charge in [-0.3, -0.25) is 9.10 Å². The van der Waals surface area contributed by atoms with Crippen LogP contribution in [0.3, 0.4) is 0 Å². The van der Waals surface area contributed by atoms with Gasteiger partial charge in [-0.15, -0.1) is 11.3 Å². The van der Waals surface area contributed by atoms with E-state index in [4.69, 9.17) is 0 Å². The second-order valence-electron chi connectivity index (χ2n) is 9.40. The van der Waals surface area contributed by atoms with Gasteiger partial charge in [-0.2, -0.15) is 18.3 Å². The van der Waals surface area contributed by atoms with Crippen LogP contribution in [-0.4, -0.2) is 51.2 Å².